The lowest BCUT2D eigenvalue weighted by molar-refractivity contribution is 0.101. The van der Waals surface area contributed by atoms with Crippen molar-refractivity contribution in [3.63, 3.8) is 0 Å². The Hall–Kier alpha value is -1.96. The highest BCUT2D eigenvalue weighted by Crippen LogP contribution is 2.32. The van der Waals surface area contributed by atoms with E-state index in [0.717, 1.165) is 36.2 Å². The average molecular weight is 251 g/mol. The number of fused-ring (bicyclic) bond motifs is 3. The van der Waals surface area contributed by atoms with E-state index in [9.17, 15) is 4.79 Å². The van der Waals surface area contributed by atoms with Crippen LogP contribution < -0.4 is 0 Å². The van der Waals surface area contributed by atoms with Gasteiger partial charge in [-0.3, -0.25) is 9.78 Å². The summed E-state index contributed by atoms with van der Waals surface area (Å²) in [6.07, 6.45) is 3.20. The van der Waals surface area contributed by atoms with E-state index in [2.05, 4.69) is 24.3 Å². The third-order valence-corrected chi connectivity index (χ3v) is 3.84. The van der Waals surface area contributed by atoms with Gasteiger partial charge in [0.25, 0.3) is 0 Å². The number of Topliss-reactive ketones (excluding diaryl/α,β-unsaturated/α-hetero) is 1. The highest BCUT2D eigenvalue weighted by atomic mass is 16.1. The number of rotatable bonds is 1. The number of nitrogens with zero attached hydrogens (tertiary/aromatic N) is 1. The molecule has 1 aliphatic rings. The largest absolute Gasteiger partial charge is 0.294 e. The maximum Gasteiger partial charge on any atom is 0.161 e. The van der Waals surface area contributed by atoms with Crippen LogP contribution in [0.25, 0.3) is 11.3 Å². The minimum Gasteiger partial charge on any atom is -0.294 e. The number of pyridine rings is 1. The first kappa shape index (κ1) is 12.1. The Kier molecular flexibility index (Phi) is 2.94. The number of hydrogen-bond acceptors (Lipinski definition) is 2. The van der Waals surface area contributed by atoms with Crippen molar-refractivity contribution < 1.29 is 4.79 Å². The molecule has 0 unspecified atom stereocenters. The Morgan fingerprint density at radius 2 is 1.89 bits per heavy atom. The molecule has 96 valence electrons. The summed E-state index contributed by atoms with van der Waals surface area (Å²) >= 11 is 0. The molecule has 0 N–H and O–H groups in total. The first-order valence-corrected chi connectivity index (χ1v) is 6.76. The van der Waals surface area contributed by atoms with Crippen molar-refractivity contribution in [2.24, 2.45) is 0 Å². The molecule has 0 radical (unpaired) electrons. The van der Waals surface area contributed by atoms with Gasteiger partial charge in [-0.1, -0.05) is 24.3 Å². The summed E-state index contributed by atoms with van der Waals surface area (Å²) in [6.45, 7) is 3.53. The second kappa shape index (κ2) is 4.61. The average Bonchev–Trinajstić information content (AvgIpc) is 2.57. The maximum absolute atomic E-state index is 11.6. The molecule has 0 saturated heterocycles. The van der Waals surface area contributed by atoms with E-state index in [1.54, 1.807) is 6.92 Å². The molecule has 0 spiro atoms. The number of aromatic nitrogens is 1. The van der Waals surface area contributed by atoms with Crippen LogP contribution in [0.4, 0.5) is 0 Å². The van der Waals surface area contributed by atoms with Gasteiger partial charge in [-0.2, -0.15) is 0 Å². The lowest BCUT2D eigenvalue weighted by Gasteiger charge is -2.11. The van der Waals surface area contributed by atoms with E-state index < -0.39 is 0 Å². The number of benzene rings is 1. The summed E-state index contributed by atoms with van der Waals surface area (Å²) in [5, 5.41) is 0. The molecule has 19 heavy (non-hydrogen) atoms. The molecular weight excluding hydrogens is 234 g/mol. The first-order chi connectivity index (χ1) is 9.16. The molecule has 3 rings (SSSR count). The number of carbonyl (C=O) groups excluding carboxylic acids is 1. The van der Waals surface area contributed by atoms with Crippen LogP contribution in [0.2, 0.25) is 0 Å². The van der Waals surface area contributed by atoms with Crippen molar-refractivity contribution in [2.75, 3.05) is 0 Å². The molecule has 0 aliphatic heterocycles. The molecule has 1 aromatic heterocycles. The van der Waals surface area contributed by atoms with Crippen molar-refractivity contribution >= 4 is 5.78 Å². The second-order valence-corrected chi connectivity index (χ2v) is 5.20. The Morgan fingerprint density at radius 3 is 2.68 bits per heavy atom. The zero-order valence-corrected chi connectivity index (χ0v) is 11.4. The van der Waals surface area contributed by atoms with Crippen LogP contribution in [0, 0.1) is 6.92 Å². The van der Waals surface area contributed by atoms with E-state index in [1.807, 2.05) is 13.0 Å². The minimum absolute atomic E-state index is 0.102. The molecule has 2 aromatic rings. The molecule has 0 amide bonds. The van der Waals surface area contributed by atoms with Gasteiger partial charge >= 0.3 is 0 Å². The summed E-state index contributed by atoms with van der Waals surface area (Å²) in [5.41, 5.74) is 6.47. The summed E-state index contributed by atoms with van der Waals surface area (Å²) in [6, 6.07) is 10.5. The monoisotopic (exact) mass is 251 g/mol. The topological polar surface area (TPSA) is 30.0 Å². The van der Waals surface area contributed by atoms with Crippen LogP contribution >= 0.6 is 0 Å². The number of carbonyl (C=O) groups is 1. The van der Waals surface area contributed by atoms with E-state index in [0.29, 0.717) is 0 Å². The van der Waals surface area contributed by atoms with Crippen molar-refractivity contribution in [3.8, 4) is 11.3 Å². The van der Waals surface area contributed by atoms with Crippen LogP contribution in [-0.4, -0.2) is 10.8 Å². The number of hydrogen-bond donors (Lipinski definition) is 0. The normalized spacial score (nSPS) is 13.4. The lowest BCUT2D eigenvalue weighted by Crippen LogP contribution is -2.03. The maximum atomic E-state index is 11.6. The van der Waals surface area contributed by atoms with E-state index in [1.165, 1.54) is 16.7 Å². The van der Waals surface area contributed by atoms with Crippen molar-refractivity contribution in [2.45, 2.75) is 33.1 Å². The van der Waals surface area contributed by atoms with Gasteiger partial charge in [0, 0.05) is 16.8 Å². The first-order valence-electron chi connectivity index (χ1n) is 6.76. The standard InChI is InChI=1S/C17H17NO/c1-11-16(12(2)19)10-14-8-5-7-13-6-3-4-9-15(13)17(14)18-11/h3-4,6,9-10H,5,7-8H2,1-2H3. The molecule has 0 fully saturated rings. The number of ketones is 1. The Bertz CT molecular complexity index is 658. The zero-order chi connectivity index (χ0) is 13.4. The van der Waals surface area contributed by atoms with E-state index >= 15 is 0 Å². The Balaban J connectivity index is 2.25. The van der Waals surface area contributed by atoms with Crippen molar-refractivity contribution in [3.05, 3.63) is 52.7 Å². The fourth-order valence-electron chi connectivity index (χ4n) is 2.87. The summed E-state index contributed by atoms with van der Waals surface area (Å²) in [4.78, 5) is 16.4. The predicted octanol–water partition coefficient (Wildman–Crippen LogP) is 3.75. The third-order valence-electron chi connectivity index (χ3n) is 3.84. The predicted molar refractivity (Wildman–Crippen MR) is 76.4 cm³/mol. The van der Waals surface area contributed by atoms with E-state index in [-0.39, 0.29) is 5.78 Å². The Labute approximate surface area is 113 Å². The molecule has 1 heterocycles. The zero-order valence-electron chi connectivity index (χ0n) is 11.4. The molecule has 0 bridgehead atoms. The highest BCUT2D eigenvalue weighted by molar-refractivity contribution is 5.95. The van der Waals surface area contributed by atoms with Crippen molar-refractivity contribution in [1.82, 2.24) is 4.98 Å². The molecule has 1 aromatic carbocycles. The quantitative estimate of drug-likeness (QED) is 0.722. The summed E-state index contributed by atoms with van der Waals surface area (Å²) in [7, 11) is 0. The lowest BCUT2D eigenvalue weighted by atomic mass is 9.99. The fraction of sp³-hybridized carbons (Fsp3) is 0.294. The van der Waals surface area contributed by atoms with Gasteiger partial charge in [0.05, 0.1) is 5.69 Å². The van der Waals surface area contributed by atoms with Crippen LogP contribution in [-0.2, 0) is 12.8 Å². The van der Waals surface area contributed by atoms with Crippen LogP contribution in [0.3, 0.4) is 0 Å². The van der Waals surface area contributed by atoms with E-state index in [4.69, 9.17) is 4.98 Å². The second-order valence-electron chi connectivity index (χ2n) is 5.20. The third kappa shape index (κ3) is 2.07. The minimum atomic E-state index is 0.102. The molecule has 2 nitrogen and oxygen atoms in total. The molecule has 0 saturated carbocycles. The van der Waals surface area contributed by atoms with Gasteiger partial charge in [-0.15, -0.1) is 0 Å². The molecule has 2 heteroatoms. The highest BCUT2D eigenvalue weighted by Gasteiger charge is 2.18. The summed E-state index contributed by atoms with van der Waals surface area (Å²) < 4.78 is 0. The molecular formula is C17H17NO. The van der Waals surface area contributed by atoms with Crippen LogP contribution in [0.1, 0.15) is 40.5 Å². The fourth-order valence-corrected chi connectivity index (χ4v) is 2.87. The van der Waals surface area contributed by atoms with Gasteiger partial charge in [0.15, 0.2) is 5.78 Å². The van der Waals surface area contributed by atoms with Crippen molar-refractivity contribution in [1.29, 1.82) is 0 Å². The van der Waals surface area contributed by atoms with Gasteiger partial charge in [0.2, 0.25) is 0 Å². The number of aryl methyl sites for hydroxylation is 3. The Morgan fingerprint density at radius 1 is 1.16 bits per heavy atom. The SMILES string of the molecule is CC(=O)c1cc2c(nc1C)-c1ccccc1CCC2. The summed E-state index contributed by atoms with van der Waals surface area (Å²) in [5.74, 6) is 0.102. The van der Waals surface area contributed by atoms with Gasteiger partial charge in [0.1, 0.15) is 0 Å². The van der Waals surface area contributed by atoms with Gasteiger partial charge < -0.3 is 0 Å². The molecule has 0 atom stereocenters. The van der Waals surface area contributed by atoms with Crippen LogP contribution in [0.15, 0.2) is 30.3 Å². The van der Waals surface area contributed by atoms with Gasteiger partial charge in [-0.25, -0.2) is 0 Å². The van der Waals surface area contributed by atoms with Gasteiger partial charge in [-0.05, 0) is 50.3 Å². The smallest absolute Gasteiger partial charge is 0.161 e. The molecule has 1 aliphatic carbocycles. The van der Waals surface area contributed by atoms with Crippen LogP contribution in [0.5, 0.6) is 0 Å².